The fourth-order valence-corrected chi connectivity index (χ4v) is 1.49. The maximum Gasteiger partial charge on any atom is 0.0456 e. The zero-order valence-electron chi connectivity index (χ0n) is 7.29. The van der Waals surface area contributed by atoms with Crippen LogP contribution in [0.15, 0.2) is 30.5 Å². The van der Waals surface area contributed by atoms with Crippen LogP contribution in [0.1, 0.15) is 5.56 Å². The maximum atomic E-state index is 5.50. The second kappa shape index (κ2) is 4.44. The molecule has 0 bridgehead atoms. The second-order valence-corrected chi connectivity index (χ2v) is 2.90. The molecule has 0 aliphatic heterocycles. The Bertz CT molecular complexity index is 381. The van der Waals surface area contributed by atoms with Gasteiger partial charge >= 0.3 is 0 Å². The molecule has 1 aromatic carbocycles. The Morgan fingerprint density at radius 1 is 1.23 bits per heavy atom. The van der Waals surface area contributed by atoms with Crippen molar-refractivity contribution in [3.8, 4) is 0 Å². The van der Waals surface area contributed by atoms with Crippen molar-refractivity contribution in [3.63, 3.8) is 0 Å². The number of aromatic nitrogens is 1. The number of halogens is 1. The lowest BCUT2D eigenvalue weighted by atomic mass is 10.1. The molecule has 0 amide bonds. The number of aromatic amines is 1. The van der Waals surface area contributed by atoms with Crippen molar-refractivity contribution in [1.29, 1.82) is 0 Å². The van der Waals surface area contributed by atoms with Crippen molar-refractivity contribution in [1.82, 2.24) is 4.98 Å². The summed E-state index contributed by atoms with van der Waals surface area (Å²) in [6, 6.07) is 8.29. The third-order valence-electron chi connectivity index (χ3n) is 2.09. The zero-order valence-corrected chi connectivity index (χ0v) is 9.00. The number of rotatable bonds is 2. The molecule has 70 valence electrons. The van der Waals surface area contributed by atoms with Gasteiger partial charge in [-0.3, -0.25) is 0 Å². The molecular formula is C10H13BrN2. The maximum absolute atomic E-state index is 5.50. The summed E-state index contributed by atoms with van der Waals surface area (Å²) >= 11 is 0. The summed E-state index contributed by atoms with van der Waals surface area (Å²) < 4.78 is 0. The van der Waals surface area contributed by atoms with Crippen molar-refractivity contribution in [2.75, 3.05) is 6.54 Å². The van der Waals surface area contributed by atoms with Gasteiger partial charge in [-0.15, -0.1) is 17.0 Å². The minimum absolute atomic E-state index is 0. The number of hydrogen-bond acceptors (Lipinski definition) is 1. The molecule has 13 heavy (non-hydrogen) atoms. The lowest BCUT2D eigenvalue weighted by Crippen LogP contribution is -2.01. The number of para-hydroxylation sites is 1. The molecule has 3 N–H and O–H groups in total. The highest BCUT2D eigenvalue weighted by molar-refractivity contribution is 8.93. The Morgan fingerprint density at radius 2 is 2.00 bits per heavy atom. The topological polar surface area (TPSA) is 41.8 Å². The van der Waals surface area contributed by atoms with E-state index in [1.165, 1.54) is 16.5 Å². The van der Waals surface area contributed by atoms with Gasteiger partial charge in [-0.25, -0.2) is 0 Å². The fraction of sp³-hybridized carbons (Fsp3) is 0.200. The molecule has 0 atom stereocenters. The SMILES string of the molecule is Br.NCCc1c[nH]c2ccccc12. The molecule has 0 aliphatic carbocycles. The van der Waals surface area contributed by atoms with Crippen LogP contribution in [0.25, 0.3) is 10.9 Å². The van der Waals surface area contributed by atoms with Gasteiger partial charge in [0, 0.05) is 17.1 Å². The van der Waals surface area contributed by atoms with Gasteiger partial charge in [0.15, 0.2) is 0 Å². The predicted molar refractivity (Wildman–Crippen MR) is 61.4 cm³/mol. The van der Waals surface area contributed by atoms with E-state index in [-0.39, 0.29) is 17.0 Å². The van der Waals surface area contributed by atoms with Crippen LogP contribution < -0.4 is 5.73 Å². The number of hydrogen-bond donors (Lipinski definition) is 2. The van der Waals surface area contributed by atoms with Crippen LogP contribution in [-0.4, -0.2) is 11.5 Å². The van der Waals surface area contributed by atoms with E-state index in [2.05, 4.69) is 23.2 Å². The molecule has 0 radical (unpaired) electrons. The highest BCUT2D eigenvalue weighted by atomic mass is 79.9. The summed E-state index contributed by atoms with van der Waals surface area (Å²) in [5.41, 5.74) is 8.01. The molecular weight excluding hydrogens is 228 g/mol. The molecule has 0 spiro atoms. The van der Waals surface area contributed by atoms with Crippen molar-refractivity contribution >= 4 is 27.9 Å². The van der Waals surface area contributed by atoms with Crippen molar-refractivity contribution in [2.45, 2.75) is 6.42 Å². The van der Waals surface area contributed by atoms with Gasteiger partial charge in [0.25, 0.3) is 0 Å². The van der Waals surface area contributed by atoms with Crippen molar-refractivity contribution < 1.29 is 0 Å². The van der Waals surface area contributed by atoms with Gasteiger partial charge in [0.05, 0.1) is 0 Å². The Morgan fingerprint density at radius 3 is 2.77 bits per heavy atom. The predicted octanol–water partition coefficient (Wildman–Crippen LogP) is 2.25. The van der Waals surface area contributed by atoms with E-state index in [4.69, 9.17) is 5.73 Å². The molecule has 0 saturated carbocycles. The van der Waals surface area contributed by atoms with E-state index in [1.807, 2.05) is 12.3 Å². The Hall–Kier alpha value is -0.800. The third kappa shape index (κ3) is 1.92. The molecule has 3 heteroatoms. The number of fused-ring (bicyclic) bond motifs is 1. The molecule has 0 unspecified atom stereocenters. The van der Waals surface area contributed by atoms with Crippen LogP contribution in [0, 0.1) is 0 Å². The van der Waals surface area contributed by atoms with E-state index in [0.29, 0.717) is 6.54 Å². The van der Waals surface area contributed by atoms with Crippen LogP contribution in [0.4, 0.5) is 0 Å². The van der Waals surface area contributed by atoms with Crippen LogP contribution in [0.2, 0.25) is 0 Å². The molecule has 0 fully saturated rings. The van der Waals surface area contributed by atoms with E-state index in [0.717, 1.165) is 6.42 Å². The van der Waals surface area contributed by atoms with Gasteiger partial charge in [-0.2, -0.15) is 0 Å². The van der Waals surface area contributed by atoms with E-state index >= 15 is 0 Å². The van der Waals surface area contributed by atoms with Crippen molar-refractivity contribution in [3.05, 3.63) is 36.0 Å². The minimum Gasteiger partial charge on any atom is -0.361 e. The summed E-state index contributed by atoms with van der Waals surface area (Å²) in [4.78, 5) is 3.22. The average molecular weight is 241 g/mol. The smallest absolute Gasteiger partial charge is 0.0456 e. The van der Waals surface area contributed by atoms with E-state index in [1.54, 1.807) is 0 Å². The van der Waals surface area contributed by atoms with Gasteiger partial charge in [-0.1, -0.05) is 18.2 Å². The first kappa shape index (κ1) is 10.3. The summed E-state index contributed by atoms with van der Waals surface area (Å²) in [6.07, 6.45) is 2.99. The van der Waals surface area contributed by atoms with Gasteiger partial charge < -0.3 is 10.7 Å². The molecule has 2 rings (SSSR count). The molecule has 2 aromatic rings. The summed E-state index contributed by atoms with van der Waals surface area (Å²) in [5, 5.41) is 1.29. The first-order valence-electron chi connectivity index (χ1n) is 4.17. The highest BCUT2D eigenvalue weighted by Gasteiger charge is 1.99. The number of H-pyrrole nitrogens is 1. The fourth-order valence-electron chi connectivity index (χ4n) is 1.49. The monoisotopic (exact) mass is 240 g/mol. The number of benzene rings is 1. The Kier molecular flexibility index (Phi) is 3.51. The lowest BCUT2D eigenvalue weighted by Gasteiger charge is -1.93. The van der Waals surface area contributed by atoms with E-state index < -0.39 is 0 Å². The molecule has 0 aliphatic rings. The summed E-state index contributed by atoms with van der Waals surface area (Å²) in [6.45, 7) is 0.710. The largest absolute Gasteiger partial charge is 0.361 e. The van der Waals surface area contributed by atoms with E-state index in [9.17, 15) is 0 Å². The number of nitrogens with two attached hydrogens (primary N) is 1. The zero-order chi connectivity index (χ0) is 8.39. The highest BCUT2D eigenvalue weighted by Crippen LogP contribution is 2.17. The second-order valence-electron chi connectivity index (χ2n) is 2.90. The average Bonchev–Trinajstić information content (AvgIpc) is 2.50. The molecule has 1 heterocycles. The van der Waals surface area contributed by atoms with Crippen LogP contribution >= 0.6 is 17.0 Å². The van der Waals surface area contributed by atoms with Gasteiger partial charge in [0.2, 0.25) is 0 Å². The summed E-state index contributed by atoms with van der Waals surface area (Å²) in [5.74, 6) is 0. The van der Waals surface area contributed by atoms with Crippen LogP contribution in [0.3, 0.4) is 0 Å². The first-order chi connectivity index (χ1) is 5.92. The van der Waals surface area contributed by atoms with Gasteiger partial charge in [-0.05, 0) is 24.6 Å². The number of nitrogens with one attached hydrogen (secondary N) is 1. The quantitative estimate of drug-likeness (QED) is 0.831. The molecule has 2 nitrogen and oxygen atoms in total. The normalized spacial score (nSPS) is 9.92. The third-order valence-corrected chi connectivity index (χ3v) is 2.09. The molecule has 0 saturated heterocycles. The summed E-state index contributed by atoms with van der Waals surface area (Å²) in [7, 11) is 0. The van der Waals surface area contributed by atoms with Crippen molar-refractivity contribution in [2.24, 2.45) is 5.73 Å². The van der Waals surface area contributed by atoms with Crippen LogP contribution in [-0.2, 0) is 6.42 Å². The lowest BCUT2D eigenvalue weighted by molar-refractivity contribution is 0.976. The molecule has 1 aromatic heterocycles. The van der Waals surface area contributed by atoms with Crippen LogP contribution in [0.5, 0.6) is 0 Å². The standard InChI is InChI=1S/C10H12N2.BrH/c11-6-5-8-7-12-10-4-2-1-3-9(8)10;/h1-4,7,12H,5-6,11H2;1H. The Labute approximate surface area is 87.9 Å². The van der Waals surface area contributed by atoms with Gasteiger partial charge in [0.1, 0.15) is 0 Å². The first-order valence-corrected chi connectivity index (χ1v) is 4.17. The minimum atomic E-state index is 0. The Balaban J connectivity index is 0.000000845.